The van der Waals surface area contributed by atoms with Crippen molar-refractivity contribution < 1.29 is 0 Å². The van der Waals surface area contributed by atoms with Crippen LogP contribution in [0.25, 0.3) is 0 Å². The molecule has 90 valence electrons. The Morgan fingerprint density at radius 1 is 1.35 bits per heavy atom. The molecule has 1 unspecified atom stereocenters. The van der Waals surface area contributed by atoms with Crippen molar-refractivity contribution in [2.75, 3.05) is 0 Å². The lowest BCUT2D eigenvalue weighted by Crippen LogP contribution is -2.27. The lowest BCUT2D eigenvalue weighted by molar-refractivity contribution is 0.539. The molecule has 0 saturated heterocycles. The first-order chi connectivity index (χ1) is 8.24. The smallest absolute Gasteiger partial charge is 0.0893 e. The van der Waals surface area contributed by atoms with Crippen molar-refractivity contribution in [3.8, 4) is 0 Å². The molecule has 0 spiro atoms. The summed E-state index contributed by atoms with van der Waals surface area (Å²) in [5.74, 6) is 0. The van der Waals surface area contributed by atoms with E-state index in [-0.39, 0.29) is 0 Å². The number of nitrogens with zero attached hydrogens (tertiary/aromatic N) is 2. The van der Waals surface area contributed by atoms with Crippen LogP contribution in [-0.2, 0) is 13.0 Å². The van der Waals surface area contributed by atoms with Gasteiger partial charge in [-0.3, -0.25) is 0 Å². The molecule has 2 rings (SSSR count). The second-order valence-electron chi connectivity index (χ2n) is 4.01. The minimum atomic E-state index is 0.401. The van der Waals surface area contributed by atoms with Gasteiger partial charge in [0.05, 0.1) is 5.69 Å². The van der Waals surface area contributed by atoms with E-state index >= 15 is 0 Å². The summed E-state index contributed by atoms with van der Waals surface area (Å²) >= 11 is 7.23. The van der Waals surface area contributed by atoms with Crippen molar-refractivity contribution in [3.05, 3.63) is 45.9 Å². The van der Waals surface area contributed by atoms with E-state index in [9.17, 15) is 0 Å². The standard InChI is InChI=1S/C12H14ClN3S/c1-9(14-7-12-8-17-16-15-12)6-10-2-4-11(13)5-3-10/h2-5,8-9,14H,6-7H2,1H3. The van der Waals surface area contributed by atoms with Crippen LogP contribution in [0.3, 0.4) is 0 Å². The number of benzene rings is 1. The maximum absolute atomic E-state index is 5.85. The van der Waals surface area contributed by atoms with Crippen molar-refractivity contribution in [2.24, 2.45) is 0 Å². The molecule has 5 heteroatoms. The molecule has 17 heavy (non-hydrogen) atoms. The highest BCUT2D eigenvalue weighted by atomic mass is 35.5. The minimum absolute atomic E-state index is 0.401. The molecule has 1 aromatic carbocycles. The van der Waals surface area contributed by atoms with Crippen LogP contribution < -0.4 is 5.32 Å². The fourth-order valence-corrected chi connectivity index (χ4v) is 2.16. The second-order valence-corrected chi connectivity index (χ2v) is 5.06. The summed E-state index contributed by atoms with van der Waals surface area (Å²) < 4.78 is 3.83. The Morgan fingerprint density at radius 3 is 2.76 bits per heavy atom. The van der Waals surface area contributed by atoms with E-state index in [1.54, 1.807) is 0 Å². The van der Waals surface area contributed by atoms with Gasteiger partial charge >= 0.3 is 0 Å². The fraction of sp³-hybridized carbons (Fsp3) is 0.333. The van der Waals surface area contributed by atoms with Gasteiger partial charge in [-0.25, -0.2) is 0 Å². The van der Waals surface area contributed by atoms with E-state index in [1.807, 2.05) is 17.5 Å². The zero-order valence-corrected chi connectivity index (χ0v) is 11.1. The highest BCUT2D eigenvalue weighted by Gasteiger charge is 2.04. The van der Waals surface area contributed by atoms with Crippen LogP contribution in [0.5, 0.6) is 0 Å². The van der Waals surface area contributed by atoms with Crippen LogP contribution >= 0.6 is 23.1 Å². The van der Waals surface area contributed by atoms with Gasteiger partial charge in [0.2, 0.25) is 0 Å². The Kier molecular flexibility index (Phi) is 4.48. The Labute approximate surface area is 110 Å². The highest BCUT2D eigenvalue weighted by Crippen LogP contribution is 2.11. The first-order valence-corrected chi connectivity index (χ1v) is 6.69. The number of halogens is 1. The molecule has 2 aromatic rings. The Morgan fingerprint density at radius 2 is 2.12 bits per heavy atom. The normalized spacial score (nSPS) is 12.6. The number of hydrogen-bond acceptors (Lipinski definition) is 4. The molecule has 0 aliphatic carbocycles. The summed E-state index contributed by atoms with van der Waals surface area (Å²) in [6, 6.07) is 8.37. The van der Waals surface area contributed by atoms with E-state index < -0.39 is 0 Å². The molecule has 0 radical (unpaired) electrons. The first kappa shape index (κ1) is 12.5. The Bertz CT molecular complexity index is 441. The molecule has 0 aliphatic rings. The van der Waals surface area contributed by atoms with E-state index in [1.165, 1.54) is 17.1 Å². The van der Waals surface area contributed by atoms with Gasteiger partial charge in [0, 0.05) is 23.0 Å². The number of hydrogen-bond donors (Lipinski definition) is 1. The van der Waals surface area contributed by atoms with Crippen LogP contribution in [0.1, 0.15) is 18.2 Å². The van der Waals surface area contributed by atoms with Crippen molar-refractivity contribution in [1.29, 1.82) is 0 Å². The minimum Gasteiger partial charge on any atom is -0.308 e. The number of nitrogens with one attached hydrogen (secondary N) is 1. The SMILES string of the molecule is CC(Cc1ccc(Cl)cc1)NCc1csnn1. The zero-order chi connectivity index (χ0) is 12.1. The van der Waals surface area contributed by atoms with Crippen molar-refractivity contribution in [2.45, 2.75) is 25.9 Å². The molecule has 0 amide bonds. The number of aromatic nitrogens is 2. The predicted molar refractivity (Wildman–Crippen MR) is 71.4 cm³/mol. The van der Waals surface area contributed by atoms with Gasteiger partial charge in [0.1, 0.15) is 0 Å². The molecule has 1 heterocycles. The van der Waals surface area contributed by atoms with Crippen LogP contribution in [0.15, 0.2) is 29.6 Å². The average Bonchev–Trinajstić information content (AvgIpc) is 2.83. The van der Waals surface area contributed by atoms with E-state index in [2.05, 4.69) is 34.0 Å². The highest BCUT2D eigenvalue weighted by molar-refractivity contribution is 7.03. The molecule has 0 saturated carbocycles. The molecular formula is C12H14ClN3S. The van der Waals surface area contributed by atoms with Gasteiger partial charge in [-0.1, -0.05) is 28.2 Å². The maximum atomic E-state index is 5.85. The first-order valence-electron chi connectivity index (χ1n) is 5.48. The van der Waals surface area contributed by atoms with E-state index in [0.717, 1.165) is 23.7 Å². The van der Waals surface area contributed by atoms with Crippen LogP contribution in [-0.4, -0.2) is 15.6 Å². The average molecular weight is 268 g/mol. The topological polar surface area (TPSA) is 37.8 Å². The third-order valence-electron chi connectivity index (χ3n) is 2.49. The molecule has 0 bridgehead atoms. The second kappa shape index (κ2) is 6.10. The quantitative estimate of drug-likeness (QED) is 0.905. The third kappa shape index (κ3) is 4.07. The van der Waals surface area contributed by atoms with E-state index in [0.29, 0.717) is 6.04 Å². The van der Waals surface area contributed by atoms with Gasteiger partial charge in [0.25, 0.3) is 0 Å². The van der Waals surface area contributed by atoms with Gasteiger partial charge < -0.3 is 5.32 Å². The summed E-state index contributed by atoms with van der Waals surface area (Å²) in [7, 11) is 0. The van der Waals surface area contributed by atoms with Gasteiger partial charge in [-0.2, -0.15) is 0 Å². The van der Waals surface area contributed by atoms with E-state index in [4.69, 9.17) is 11.6 Å². The molecule has 1 aromatic heterocycles. The molecule has 1 N–H and O–H groups in total. The van der Waals surface area contributed by atoms with Crippen LogP contribution in [0.2, 0.25) is 5.02 Å². The summed E-state index contributed by atoms with van der Waals surface area (Å²) in [4.78, 5) is 0. The summed E-state index contributed by atoms with van der Waals surface area (Å²) in [5, 5.41) is 10.2. The zero-order valence-electron chi connectivity index (χ0n) is 9.56. The summed E-state index contributed by atoms with van der Waals surface area (Å²) in [5.41, 5.74) is 2.28. The van der Waals surface area contributed by atoms with Crippen molar-refractivity contribution in [1.82, 2.24) is 14.9 Å². The van der Waals surface area contributed by atoms with Crippen molar-refractivity contribution >= 4 is 23.1 Å². The molecule has 1 atom stereocenters. The van der Waals surface area contributed by atoms with Gasteiger partial charge in [-0.15, -0.1) is 5.10 Å². The van der Waals surface area contributed by atoms with Crippen molar-refractivity contribution in [3.63, 3.8) is 0 Å². The maximum Gasteiger partial charge on any atom is 0.0893 e. The molecule has 0 fully saturated rings. The third-order valence-corrected chi connectivity index (χ3v) is 3.30. The Balaban J connectivity index is 1.80. The van der Waals surface area contributed by atoms with Gasteiger partial charge in [0.15, 0.2) is 0 Å². The summed E-state index contributed by atoms with van der Waals surface area (Å²) in [6.45, 7) is 2.93. The van der Waals surface area contributed by atoms with Crippen LogP contribution in [0.4, 0.5) is 0 Å². The number of rotatable bonds is 5. The lowest BCUT2D eigenvalue weighted by atomic mass is 10.1. The van der Waals surface area contributed by atoms with Crippen LogP contribution in [0, 0.1) is 0 Å². The largest absolute Gasteiger partial charge is 0.308 e. The Hall–Kier alpha value is -0.970. The lowest BCUT2D eigenvalue weighted by Gasteiger charge is -2.12. The monoisotopic (exact) mass is 267 g/mol. The predicted octanol–water partition coefficient (Wildman–Crippen LogP) is 2.91. The molecule has 3 nitrogen and oxygen atoms in total. The summed E-state index contributed by atoms with van der Waals surface area (Å²) in [6.07, 6.45) is 0.981. The fourth-order valence-electron chi connectivity index (χ4n) is 1.59. The van der Waals surface area contributed by atoms with Gasteiger partial charge in [-0.05, 0) is 42.6 Å². The molecular weight excluding hydrogens is 254 g/mol. The molecule has 0 aliphatic heterocycles.